The molecular weight excluding hydrogens is 462 g/mol. The number of methoxy groups -OCH3 is 1. The predicted molar refractivity (Wildman–Crippen MR) is 127 cm³/mol. The first-order chi connectivity index (χ1) is 15.9. The summed E-state index contributed by atoms with van der Waals surface area (Å²) < 4.78 is 34.3. The first-order valence-corrected chi connectivity index (χ1v) is 14.3. The van der Waals surface area contributed by atoms with Gasteiger partial charge in [0.25, 0.3) is 5.91 Å². The Hall–Kier alpha value is -3.11. The number of amides is 2. The number of nitrogens with one attached hydrogen (secondary N) is 2. The number of ether oxygens (including phenoxy) is 1. The number of benzene rings is 2. The molecule has 10 heteroatoms. The zero-order chi connectivity index (χ0) is 25.5. The summed E-state index contributed by atoms with van der Waals surface area (Å²) in [5.74, 6) is -3.69. The maximum atomic E-state index is 14.6. The minimum Gasteiger partial charge on any atom is -0.481 e. The molecule has 0 fully saturated rings. The summed E-state index contributed by atoms with van der Waals surface area (Å²) in [5.41, 5.74) is 1.23. The molecule has 0 aromatic heterocycles. The molecule has 0 spiro atoms. The van der Waals surface area contributed by atoms with Gasteiger partial charge in [-0.05, 0) is 29.7 Å². The molecule has 0 saturated heterocycles. The second-order valence-electron chi connectivity index (χ2n) is 8.98. The molecule has 0 aliphatic carbocycles. The number of carbonyl (C=O) groups is 3. The lowest BCUT2D eigenvalue weighted by Crippen LogP contribution is -2.42. The van der Waals surface area contributed by atoms with Gasteiger partial charge in [-0.2, -0.15) is 0 Å². The summed E-state index contributed by atoms with van der Waals surface area (Å²) in [5, 5.41) is 13.9. The molecule has 2 aromatic carbocycles. The van der Waals surface area contributed by atoms with Crippen molar-refractivity contribution >= 4 is 36.7 Å². The summed E-state index contributed by atoms with van der Waals surface area (Å²) in [6, 6.07) is 7.74. The topological polar surface area (TPSA) is 105 Å². The van der Waals surface area contributed by atoms with Crippen LogP contribution in [-0.4, -0.2) is 38.1 Å². The molecule has 0 aliphatic heterocycles. The van der Waals surface area contributed by atoms with E-state index in [4.69, 9.17) is 9.84 Å². The lowest BCUT2D eigenvalue weighted by molar-refractivity contribution is -0.137. The first-order valence-electron chi connectivity index (χ1n) is 10.8. The van der Waals surface area contributed by atoms with Crippen molar-refractivity contribution in [2.75, 3.05) is 12.4 Å². The van der Waals surface area contributed by atoms with Crippen molar-refractivity contribution in [3.05, 3.63) is 59.2 Å². The SMILES string of the molecule is COCc1ccc(C(NC(=O)CCCC(=O)O)C(=O)Nc2cc(F)c([Si](C)(C)C)c(F)c2)cc1. The average molecular weight is 493 g/mol. The van der Waals surface area contributed by atoms with E-state index in [-0.39, 0.29) is 30.1 Å². The van der Waals surface area contributed by atoms with E-state index in [2.05, 4.69) is 10.6 Å². The highest BCUT2D eigenvalue weighted by atomic mass is 28.3. The number of anilines is 1. The Bertz CT molecular complexity index is 1020. The van der Waals surface area contributed by atoms with Gasteiger partial charge in [-0.1, -0.05) is 43.9 Å². The van der Waals surface area contributed by atoms with Crippen molar-refractivity contribution in [2.24, 2.45) is 0 Å². The van der Waals surface area contributed by atoms with Crippen LogP contribution in [0.1, 0.15) is 36.4 Å². The first kappa shape index (κ1) is 27.1. The molecule has 0 saturated carbocycles. The third-order valence-corrected chi connectivity index (χ3v) is 7.02. The van der Waals surface area contributed by atoms with E-state index < -0.39 is 43.5 Å². The quantitative estimate of drug-likeness (QED) is 0.415. The molecule has 0 aliphatic rings. The molecule has 1 unspecified atom stereocenters. The van der Waals surface area contributed by atoms with Crippen LogP contribution in [0, 0.1) is 11.6 Å². The van der Waals surface area contributed by atoms with Crippen molar-refractivity contribution in [2.45, 2.75) is 51.6 Å². The molecule has 7 nitrogen and oxygen atoms in total. The highest BCUT2D eigenvalue weighted by Crippen LogP contribution is 2.20. The number of carboxylic acids is 1. The van der Waals surface area contributed by atoms with E-state index >= 15 is 0 Å². The van der Waals surface area contributed by atoms with Crippen molar-refractivity contribution in [3.8, 4) is 0 Å². The van der Waals surface area contributed by atoms with E-state index in [1.165, 1.54) is 0 Å². The van der Waals surface area contributed by atoms with Gasteiger partial charge in [-0.15, -0.1) is 0 Å². The standard InChI is InChI=1S/C24H30F2N2O5Si/c1-33-14-15-8-10-16(11-9-15)22(28-20(29)6-5-7-21(30)31)24(32)27-17-12-18(25)23(19(26)13-17)34(2,3)4/h8-13,22H,5-7,14H2,1-4H3,(H,27,32)(H,28,29)(H,30,31). The lowest BCUT2D eigenvalue weighted by Gasteiger charge is -2.21. The van der Waals surface area contributed by atoms with E-state index in [0.717, 1.165) is 17.7 Å². The Balaban J connectivity index is 2.28. The fourth-order valence-electron chi connectivity index (χ4n) is 3.48. The van der Waals surface area contributed by atoms with Crippen LogP contribution in [0.2, 0.25) is 19.6 Å². The van der Waals surface area contributed by atoms with Crippen LogP contribution in [0.4, 0.5) is 14.5 Å². The van der Waals surface area contributed by atoms with Gasteiger partial charge in [0.05, 0.1) is 14.7 Å². The third kappa shape index (κ3) is 7.74. The Morgan fingerprint density at radius 3 is 2.12 bits per heavy atom. The number of halogens is 2. The average Bonchev–Trinajstić information content (AvgIpc) is 2.71. The monoisotopic (exact) mass is 492 g/mol. The van der Waals surface area contributed by atoms with Gasteiger partial charge in [0, 0.05) is 30.8 Å². The van der Waals surface area contributed by atoms with Gasteiger partial charge in [0.1, 0.15) is 17.7 Å². The van der Waals surface area contributed by atoms with E-state index in [0.29, 0.717) is 12.2 Å². The summed E-state index contributed by atoms with van der Waals surface area (Å²) in [6.45, 7) is 5.81. The fraction of sp³-hybridized carbons (Fsp3) is 0.375. The fourth-order valence-corrected chi connectivity index (χ4v) is 5.06. The summed E-state index contributed by atoms with van der Waals surface area (Å²) in [6.07, 6.45) is -0.166. The van der Waals surface area contributed by atoms with Crippen LogP contribution >= 0.6 is 0 Å². The molecule has 0 bridgehead atoms. The van der Waals surface area contributed by atoms with Crippen LogP contribution in [-0.2, 0) is 25.7 Å². The zero-order valence-corrected chi connectivity index (χ0v) is 20.7. The molecule has 184 valence electrons. The number of hydrogen-bond donors (Lipinski definition) is 3. The molecule has 2 aromatic rings. The Kier molecular flexibility index (Phi) is 9.45. The minimum absolute atomic E-state index is 0.0440. The Labute approximate surface area is 198 Å². The van der Waals surface area contributed by atoms with Gasteiger partial charge >= 0.3 is 5.97 Å². The summed E-state index contributed by atoms with van der Waals surface area (Å²) in [4.78, 5) is 36.1. The largest absolute Gasteiger partial charge is 0.481 e. The van der Waals surface area contributed by atoms with Crippen LogP contribution < -0.4 is 15.8 Å². The van der Waals surface area contributed by atoms with E-state index in [9.17, 15) is 23.2 Å². The molecule has 34 heavy (non-hydrogen) atoms. The van der Waals surface area contributed by atoms with E-state index in [1.807, 2.05) is 19.6 Å². The minimum atomic E-state index is -2.29. The van der Waals surface area contributed by atoms with Crippen LogP contribution in [0.25, 0.3) is 0 Å². The van der Waals surface area contributed by atoms with E-state index in [1.54, 1.807) is 31.4 Å². The Morgan fingerprint density at radius 2 is 1.62 bits per heavy atom. The second-order valence-corrected chi connectivity index (χ2v) is 14.0. The van der Waals surface area contributed by atoms with Crippen molar-refractivity contribution in [1.82, 2.24) is 5.32 Å². The number of hydrogen-bond acceptors (Lipinski definition) is 4. The second kappa shape index (κ2) is 11.8. The van der Waals surface area contributed by atoms with Gasteiger partial charge < -0.3 is 20.5 Å². The highest BCUT2D eigenvalue weighted by molar-refractivity contribution is 6.88. The summed E-state index contributed by atoms with van der Waals surface area (Å²) >= 11 is 0. The predicted octanol–water partition coefficient (Wildman–Crippen LogP) is 3.71. The molecule has 0 radical (unpaired) electrons. The van der Waals surface area contributed by atoms with Gasteiger partial charge in [-0.25, -0.2) is 8.78 Å². The molecule has 2 rings (SSSR count). The van der Waals surface area contributed by atoms with Crippen LogP contribution in [0.5, 0.6) is 0 Å². The maximum Gasteiger partial charge on any atom is 0.303 e. The molecule has 0 heterocycles. The number of rotatable bonds is 11. The summed E-state index contributed by atoms with van der Waals surface area (Å²) in [7, 11) is -0.738. The van der Waals surface area contributed by atoms with Gasteiger partial charge in [-0.3, -0.25) is 14.4 Å². The molecule has 3 N–H and O–H groups in total. The maximum absolute atomic E-state index is 14.6. The van der Waals surface area contributed by atoms with Gasteiger partial charge in [0.15, 0.2) is 0 Å². The van der Waals surface area contributed by atoms with Crippen molar-refractivity contribution in [3.63, 3.8) is 0 Å². The molecule has 1 atom stereocenters. The smallest absolute Gasteiger partial charge is 0.303 e. The van der Waals surface area contributed by atoms with Crippen molar-refractivity contribution < 1.29 is 33.0 Å². The Morgan fingerprint density at radius 1 is 1.03 bits per heavy atom. The lowest BCUT2D eigenvalue weighted by atomic mass is 10.0. The normalized spacial score (nSPS) is 12.2. The van der Waals surface area contributed by atoms with Gasteiger partial charge in [0.2, 0.25) is 5.91 Å². The van der Waals surface area contributed by atoms with Crippen molar-refractivity contribution in [1.29, 1.82) is 0 Å². The van der Waals surface area contributed by atoms with Crippen LogP contribution in [0.15, 0.2) is 36.4 Å². The van der Waals surface area contributed by atoms with Crippen LogP contribution in [0.3, 0.4) is 0 Å². The highest BCUT2D eigenvalue weighted by Gasteiger charge is 2.27. The zero-order valence-electron chi connectivity index (χ0n) is 19.7. The number of aliphatic carboxylic acids is 1. The third-order valence-electron chi connectivity index (χ3n) is 5.05. The molecule has 2 amide bonds. The number of carbonyl (C=O) groups excluding carboxylic acids is 2. The number of carboxylic acid groups (broad SMARTS) is 1. The molecular formula is C24H30F2N2O5Si.